The molecule has 2 heterocycles. The van der Waals surface area contributed by atoms with Gasteiger partial charge in [0.05, 0.1) is 6.20 Å². The highest BCUT2D eigenvalue weighted by Crippen LogP contribution is 2.14. The van der Waals surface area contributed by atoms with Crippen LogP contribution in [0.5, 0.6) is 0 Å². The van der Waals surface area contributed by atoms with E-state index in [1.807, 2.05) is 0 Å². The molecule has 0 spiro atoms. The van der Waals surface area contributed by atoms with Gasteiger partial charge in [0, 0.05) is 49.7 Å². The summed E-state index contributed by atoms with van der Waals surface area (Å²) < 4.78 is 0. The lowest BCUT2D eigenvalue weighted by atomic mass is 10.1. The van der Waals surface area contributed by atoms with Crippen molar-refractivity contribution >= 4 is 17.6 Å². The highest BCUT2D eigenvalue weighted by molar-refractivity contribution is 5.97. The minimum absolute atomic E-state index is 0.0418. The molecule has 1 aromatic carbocycles. The molecule has 1 saturated heterocycles. The zero-order chi connectivity index (χ0) is 16.2. The first-order valence-corrected chi connectivity index (χ1v) is 7.35. The van der Waals surface area contributed by atoms with Gasteiger partial charge >= 0.3 is 0 Å². The van der Waals surface area contributed by atoms with Crippen LogP contribution in [0.15, 0.2) is 42.9 Å². The molecule has 1 aliphatic heterocycles. The van der Waals surface area contributed by atoms with E-state index in [0.29, 0.717) is 37.3 Å². The summed E-state index contributed by atoms with van der Waals surface area (Å²) in [5.74, 6) is 0.284. The van der Waals surface area contributed by atoms with Gasteiger partial charge in [0.15, 0.2) is 0 Å². The molecule has 1 fully saturated rings. The number of anilines is 1. The highest BCUT2D eigenvalue weighted by atomic mass is 16.2. The smallest absolute Gasteiger partial charge is 0.253 e. The number of hydrogen-bond donors (Lipinski definition) is 1. The Morgan fingerprint density at radius 2 is 1.61 bits per heavy atom. The fourth-order valence-corrected chi connectivity index (χ4v) is 2.55. The monoisotopic (exact) mass is 311 g/mol. The minimum atomic E-state index is -0.499. The maximum atomic E-state index is 12.5. The van der Waals surface area contributed by atoms with Crippen molar-refractivity contribution in [2.45, 2.75) is 0 Å². The lowest BCUT2D eigenvalue weighted by Gasteiger charge is -2.35. The molecule has 23 heavy (non-hydrogen) atoms. The topological polar surface area (TPSA) is 92.4 Å². The second-order valence-electron chi connectivity index (χ2n) is 5.28. The maximum Gasteiger partial charge on any atom is 0.253 e. The molecule has 2 N–H and O–H groups in total. The van der Waals surface area contributed by atoms with Crippen LogP contribution in [0.1, 0.15) is 20.7 Å². The normalized spacial score (nSPS) is 14.6. The van der Waals surface area contributed by atoms with Gasteiger partial charge in [0.25, 0.3) is 5.91 Å². The minimum Gasteiger partial charge on any atom is -0.366 e. The molecule has 0 aliphatic carbocycles. The number of nitrogens with two attached hydrogens (primary N) is 1. The number of carbonyl (C=O) groups excluding carboxylic acids is 2. The zero-order valence-corrected chi connectivity index (χ0v) is 12.6. The fraction of sp³-hybridized carbons (Fsp3) is 0.250. The van der Waals surface area contributed by atoms with Gasteiger partial charge in [0.2, 0.25) is 5.91 Å². The second kappa shape index (κ2) is 6.43. The van der Waals surface area contributed by atoms with Gasteiger partial charge < -0.3 is 15.5 Å². The molecule has 0 unspecified atom stereocenters. The molecule has 7 heteroatoms. The van der Waals surface area contributed by atoms with Crippen molar-refractivity contribution in [3.8, 4) is 0 Å². The number of carbonyl (C=O) groups is 2. The van der Waals surface area contributed by atoms with Crippen molar-refractivity contribution in [2.24, 2.45) is 5.73 Å². The van der Waals surface area contributed by atoms with E-state index < -0.39 is 5.91 Å². The van der Waals surface area contributed by atoms with Crippen molar-refractivity contribution in [1.82, 2.24) is 14.9 Å². The molecule has 118 valence electrons. The molecule has 1 aromatic heterocycles. The lowest BCUT2D eigenvalue weighted by molar-refractivity contribution is 0.0746. The summed E-state index contributed by atoms with van der Waals surface area (Å²) in [4.78, 5) is 35.8. The van der Waals surface area contributed by atoms with E-state index in [-0.39, 0.29) is 5.91 Å². The number of amides is 2. The van der Waals surface area contributed by atoms with Crippen molar-refractivity contribution in [2.75, 3.05) is 31.1 Å². The Morgan fingerprint density at radius 1 is 0.957 bits per heavy atom. The highest BCUT2D eigenvalue weighted by Gasteiger charge is 2.22. The third kappa shape index (κ3) is 3.28. The number of nitrogens with zero attached hydrogens (tertiary/aromatic N) is 4. The lowest BCUT2D eigenvalue weighted by Crippen LogP contribution is -2.49. The van der Waals surface area contributed by atoms with E-state index in [4.69, 9.17) is 5.73 Å². The third-order valence-electron chi connectivity index (χ3n) is 3.86. The van der Waals surface area contributed by atoms with E-state index >= 15 is 0 Å². The number of rotatable bonds is 3. The molecule has 2 aromatic rings. The molecule has 0 bridgehead atoms. The molecule has 7 nitrogen and oxygen atoms in total. The molecule has 0 radical (unpaired) electrons. The Balaban J connectivity index is 1.63. The molecule has 3 rings (SSSR count). The first-order chi connectivity index (χ1) is 11.1. The Morgan fingerprint density at radius 3 is 2.17 bits per heavy atom. The molecule has 0 saturated carbocycles. The van der Waals surface area contributed by atoms with Gasteiger partial charge in [-0.3, -0.25) is 14.6 Å². The Labute approximate surface area is 133 Å². The van der Waals surface area contributed by atoms with Gasteiger partial charge in [-0.05, 0) is 24.3 Å². The molecule has 2 amide bonds. The van der Waals surface area contributed by atoms with E-state index in [1.54, 1.807) is 47.8 Å². The first-order valence-electron chi connectivity index (χ1n) is 7.35. The van der Waals surface area contributed by atoms with E-state index in [0.717, 1.165) is 5.82 Å². The van der Waals surface area contributed by atoms with E-state index in [9.17, 15) is 9.59 Å². The van der Waals surface area contributed by atoms with Crippen molar-refractivity contribution in [3.05, 3.63) is 54.0 Å². The van der Waals surface area contributed by atoms with Crippen molar-refractivity contribution < 1.29 is 9.59 Å². The Kier molecular flexibility index (Phi) is 4.18. The summed E-state index contributed by atoms with van der Waals surface area (Å²) in [5.41, 5.74) is 6.16. The SMILES string of the molecule is NC(=O)c1ccc(C(=O)N2CCN(c3cnccn3)CC2)cc1. The number of benzene rings is 1. The van der Waals surface area contributed by atoms with Crippen LogP contribution in [-0.2, 0) is 0 Å². The summed E-state index contributed by atoms with van der Waals surface area (Å²) in [6.07, 6.45) is 5.02. The van der Waals surface area contributed by atoms with Crippen LogP contribution < -0.4 is 10.6 Å². The van der Waals surface area contributed by atoms with Crippen LogP contribution in [0.4, 0.5) is 5.82 Å². The summed E-state index contributed by atoms with van der Waals surface area (Å²) in [6, 6.07) is 6.42. The Bertz CT molecular complexity index is 694. The zero-order valence-electron chi connectivity index (χ0n) is 12.6. The second-order valence-corrected chi connectivity index (χ2v) is 5.28. The van der Waals surface area contributed by atoms with E-state index in [2.05, 4.69) is 14.9 Å². The van der Waals surface area contributed by atoms with Crippen molar-refractivity contribution in [3.63, 3.8) is 0 Å². The number of aromatic nitrogens is 2. The fourth-order valence-electron chi connectivity index (χ4n) is 2.55. The number of piperazine rings is 1. The van der Waals surface area contributed by atoms with Gasteiger partial charge in [0.1, 0.15) is 5.82 Å². The van der Waals surface area contributed by atoms with Crippen LogP contribution in [0.2, 0.25) is 0 Å². The quantitative estimate of drug-likeness (QED) is 0.893. The first kappa shape index (κ1) is 15.0. The molecular weight excluding hydrogens is 294 g/mol. The van der Waals surface area contributed by atoms with Crippen LogP contribution in [0, 0.1) is 0 Å². The van der Waals surface area contributed by atoms with E-state index in [1.165, 1.54) is 0 Å². The van der Waals surface area contributed by atoms with Gasteiger partial charge in [-0.25, -0.2) is 4.98 Å². The van der Waals surface area contributed by atoms with Crippen LogP contribution >= 0.6 is 0 Å². The van der Waals surface area contributed by atoms with Gasteiger partial charge in [-0.1, -0.05) is 0 Å². The average Bonchev–Trinajstić information content (AvgIpc) is 2.62. The summed E-state index contributed by atoms with van der Waals surface area (Å²) in [5, 5.41) is 0. The summed E-state index contributed by atoms with van der Waals surface area (Å²) in [7, 11) is 0. The average molecular weight is 311 g/mol. The van der Waals surface area contributed by atoms with Gasteiger partial charge in [-0.2, -0.15) is 0 Å². The predicted octanol–water partition coefficient (Wildman–Crippen LogP) is 0.538. The van der Waals surface area contributed by atoms with Crippen LogP contribution in [-0.4, -0.2) is 52.9 Å². The third-order valence-corrected chi connectivity index (χ3v) is 3.86. The van der Waals surface area contributed by atoms with Crippen LogP contribution in [0.3, 0.4) is 0 Å². The number of primary amides is 1. The maximum absolute atomic E-state index is 12.5. The molecular formula is C16H17N5O2. The van der Waals surface area contributed by atoms with Gasteiger partial charge in [-0.15, -0.1) is 0 Å². The Hall–Kier alpha value is -2.96. The molecule has 0 atom stereocenters. The largest absolute Gasteiger partial charge is 0.366 e. The van der Waals surface area contributed by atoms with Crippen LogP contribution in [0.25, 0.3) is 0 Å². The standard InChI is InChI=1S/C16H17N5O2/c17-15(22)12-1-3-13(4-2-12)16(23)21-9-7-20(8-10-21)14-11-18-5-6-19-14/h1-6,11H,7-10H2,(H2,17,22). The predicted molar refractivity (Wildman–Crippen MR) is 85.1 cm³/mol. The van der Waals surface area contributed by atoms with Crippen molar-refractivity contribution in [1.29, 1.82) is 0 Å². The molecule has 1 aliphatic rings. The summed E-state index contributed by atoms with van der Waals surface area (Å²) in [6.45, 7) is 2.66. The summed E-state index contributed by atoms with van der Waals surface area (Å²) >= 11 is 0. The number of hydrogen-bond acceptors (Lipinski definition) is 5.